The predicted octanol–water partition coefficient (Wildman–Crippen LogP) is 2.15. The summed E-state index contributed by atoms with van der Waals surface area (Å²) in [6.45, 7) is 3.84. The molecule has 1 aliphatic heterocycles. The molecular formula is C28H35N3O6. The molecule has 1 saturated heterocycles. The Bertz CT molecular complexity index is 1060. The Kier molecular flexibility index (Phi) is 10.2. The number of carboxylic acids is 1. The molecule has 198 valence electrons. The fraction of sp³-hybridized carbons (Fsp3) is 0.429. The molecule has 0 aliphatic carbocycles. The van der Waals surface area contributed by atoms with E-state index in [9.17, 15) is 24.3 Å². The van der Waals surface area contributed by atoms with E-state index in [1.807, 2.05) is 74.5 Å². The number of likely N-dealkylation sites (tertiary alicyclic amines) is 1. The summed E-state index contributed by atoms with van der Waals surface area (Å²) in [5, 5.41) is 15.0. The van der Waals surface area contributed by atoms with E-state index in [1.54, 1.807) is 0 Å². The number of carbonyl (C=O) groups is 4. The van der Waals surface area contributed by atoms with Gasteiger partial charge in [-0.1, -0.05) is 80.9 Å². The molecule has 0 aromatic heterocycles. The monoisotopic (exact) mass is 509 g/mol. The van der Waals surface area contributed by atoms with E-state index in [-0.39, 0.29) is 37.8 Å². The van der Waals surface area contributed by atoms with Crippen molar-refractivity contribution in [3.8, 4) is 0 Å². The molecule has 0 unspecified atom stereocenters. The Morgan fingerprint density at radius 3 is 2.24 bits per heavy atom. The quantitative estimate of drug-likeness (QED) is 0.403. The number of amides is 3. The van der Waals surface area contributed by atoms with Gasteiger partial charge in [0.1, 0.15) is 12.1 Å². The van der Waals surface area contributed by atoms with E-state index in [0.29, 0.717) is 13.0 Å². The van der Waals surface area contributed by atoms with E-state index in [4.69, 9.17) is 4.74 Å². The van der Waals surface area contributed by atoms with Crippen molar-refractivity contribution in [2.45, 2.75) is 57.9 Å². The number of carboxylic acid groups (broad SMARTS) is 1. The fourth-order valence-electron chi connectivity index (χ4n) is 4.30. The lowest BCUT2D eigenvalue weighted by Gasteiger charge is -2.25. The minimum absolute atomic E-state index is 0.126. The SMILES string of the molecule is CC[C@H](C)[C@H](NC(=O)Cc1ccccc1)C(=O)NCC(=O)N1C[C@H](OCc2ccccc2)C[C@H]1C(=O)O. The summed E-state index contributed by atoms with van der Waals surface area (Å²) in [6, 6.07) is 16.9. The predicted molar refractivity (Wildman–Crippen MR) is 137 cm³/mol. The molecule has 0 saturated carbocycles. The Morgan fingerprint density at radius 2 is 1.65 bits per heavy atom. The zero-order chi connectivity index (χ0) is 26.8. The Hall–Kier alpha value is -3.72. The van der Waals surface area contributed by atoms with Gasteiger partial charge in [0.2, 0.25) is 17.7 Å². The van der Waals surface area contributed by atoms with Gasteiger partial charge in [-0.3, -0.25) is 14.4 Å². The Balaban J connectivity index is 1.55. The van der Waals surface area contributed by atoms with Gasteiger partial charge in [0.15, 0.2) is 0 Å². The van der Waals surface area contributed by atoms with Gasteiger partial charge in [-0.05, 0) is 17.0 Å². The minimum Gasteiger partial charge on any atom is -0.480 e. The summed E-state index contributed by atoms with van der Waals surface area (Å²) in [5.74, 6) is -2.56. The molecule has 2 aromatic carbocycles. The first-order chi connectivity index (χ1) is 17.8. The zero-order valence-electron chi connectivity index (χ0n) is 21.3. The van der Waals surface area contributed by atoms with Crippen LogP contribution in [0.3, 0.4) is 0 Å². The molecule has 4 atom stereocenters. The number of carbonyl (C=O) groups excluding carboxylic acids is 3. The largest absolute Gasteiger partial charge is 0.480 e. The van der Waals surface area contributed by atoms with Crippen LogP contribution in [0.1, 0.15) is 37.8 Å². The standard InChI is InChI=1S/C28H35N3O6/c1-3-19(2)26(30-24(32)14-20-10-6-4-7-11-20)27(34)29-16-25(33)31-17-22(15-23(31)28(35)36)37-18-21-12-8-5-9-13-21/h4-13,19,22-23,26H,3,14-18H2,1-2H3,(H,29,34)(H,30,32)(H,35,36)/t19-,22+,23-,26-/m0/s1. The molecule has 3 N–H and O–H groups in total. The van der Waals surface area contributed by atoms with Crippen molar-refractivity contribution in [1.82, 2.24) is 15.5 Å². The molecule has 2 aromatic rings. The third kappa shape index (κ3) is 8.15. The molecule has 1 heterocycles. The lowest BCUT2D eigenvalue weighted by atomic mass is 9.98. The molecule has 9 heteroatoms. The number of nitrogens with one attached hydrogen (secondary N) is 2. The van der Waals surface area contributed by atoms with Crippen molar-refractivity contribution in [3.63, 3.8) is 0 Å². The topological polar surface area (TPSA) is 125 Å². The first-order valence-electron chi connectivity index (χ1n) is 12.6. The minimum atomic E-state index is -1.11. The third-order valence-electron chi connectivity index (χ3n) is 6.63. The van der Waals surface area contributed by atoms with Gasteiger partial charge in [-0.2, -0.15) is 0 Å². The lowest BCUT2D eigenvalue weighted by Crippen LogP contribution is -2.53. The van der Waals surface area contributed by atoms with E-state index < -0.39 is 36.0 Å². The van der Waals surface area contributed by atoms with Gasteiger partial charge in [0.05, 0.1) is 25.7 Å². The summed E-state index contributed by atoms with van der Waals surface area (Å²) >= 11 is 0. The average molecular weight is 510 g/mol. The molecule has 1 fully saturated rings. The first-order valence-corrected chi connectivity index (χ1v) is 12.6. The highest BCUT2D eigenvalue weighted by atomic mass is 16.5. The van der Waals surface area contributed by atoms with Crippen LogP contribution in [0.5, 0.6) is 0 Å². The molecule has 1 aliphatic rings. The van der Waals surface area contributed by atoms with Crippen molar-refractivity contribution < 1.29 is 29.0 Å². The number of rotatable bonds is 12. The highest BCUT2D eigenvalue weighted by Gasteiger charge is 2.40. The van der Waals surface area contributed by atoms with Crippen molar-refractivity contribution in [1.29, 1.82) is 0 Å². The first kappa shape index (κ1) is 27.9. The fourth-order valence-corrected chi connectivity index (χ4v) is 4.30. The average Bonchev–Trinajstić information content (AvgIpc) is 3.35. The number of hydrogen-bond donors (Lipinski definition) is 3. The molecule has 0 spiro atoms. The number of benzene rings is 2. The molecule has 0 radical (unpaired) electrons. The summed E-state index contributed by atoms with van der Waals surface area (Å²) in [5.41, 5.74) is 1.79. The second-order valence-corrected chi connectivity index (χ2v) is 9.37. The highest BCUT2D eigenvalue weighted by Crippen LogP contribution is 2.22. The Labute approximate surface area is 217 Å². The van der Waals surface area contributed by atoms with Crippen LogP contribution in [-0.2, 0) is 36.9 Å². The summed E-state index contributed by atoms with van der Waals surface area (Å²) in [7, 11) is 0. The molecule has 3 rings (SSSR count). The van der Waals surface area contributed by atoms with Crippen LogP contribution in [0.2, 0.25) is 0 Å². The van der Waals surface area contributed by atoms with Gasteiger partial charge >= 0.3 is 5.97 Å². The van der Waals surface area contributed by atoms with Gasteiger partial charge in [0.25, 0.3) is 0 Å². The summed E-state index contributed by atoms with van der Waals surface area (Å²) < 4.78 is 5.86. The van der Waals surface area contributed by atoms with Crippen molar-refractivity contribution in [3.05, 3.63) is 71.8 Å². The van der Waals surface area contributed by atoms with Crippen LogP contribution in [-0.4, -0.2) is 65.0 Å². The van der Waals surface area contributed by atoms with Gasteiger partial charge in [-0.25, -0.2) is 4.79 Å². The van der Waals surface area contributed by atoms with Crippen molar-refractivity contribution in [2.75, 3.05) is 13.1 Å². The van der Waals surface area contributed by atoms with Crippen LogP contribution in [0, 0.1) is 5.92 Å². The normalized spacial score (nSPS) is 18.6. The van der Waals surface area contributed by atoms with Crippen LogP contribution >= 0.6 is 0 Å². The molecule has 3 amide bonds. The maximum atomic E-state index is 13.0. The highest BCUT2D eigenvalue weighted by molar-refractivity contribution is 5.92. The second kappa shape index (κ2) is 13.5. The van der Waals surface area contributed by atoms with E-state index in [1.165, 1.54) is 4.90 Å². The molecular weight excluding hydrogens is 474 g/mol. The van der Waals surface area contributed by atoms with Crippen LogP contribution in [0.4, 0.5) is 0 Å². The maximum absolute atomic E-state index is 13.0. The lowest BCUT2D eigenvalue weighted by molar-refractivity contribution is -0.148. The summed E-state index contributed by atoms with van der Waals surface area (Å²) in [6.07, 6.45) is 0.530. The van der Waals surface area contributed by atoms with Crippen molar-refractivity contribution >= 4 is 23.7 Å². The third-order valence-corrected chi connectivity index (χ3v) is 6.63. The number of nitrogens with zero attached hydrogens (tertiary/aromatic N) is 1. The van der Waals surface area contributed by atoms with Gasteiger partial charge in [-0.15, -0.1) is 0 Å². The molecule has 0 bridgehead atoms. The Morgan fingerprint density at radius 1 is 1.03 bits per heavy atom. The summed E-state index contributed by atoms with van der Waals surface area (Å²) in [4.78, 5) is 51.5. The van der Waals surface area contributed by atoms with Crippen molar-refractivity contribution in [2.24, 2.45) is 5.92 Å². The number of hydrogen-bond acceptors (Lipinski definition) is 5. The van der Waals surface area contributed by atoms with E-state index >= 15 is 0 Å². The van der Waals surface area contributed by atoms with E-state index in [0.717, 1.165) is 11.1 Å². The van der Waals surface area contributed by atoms with Crippen LogP contribution in [0.15, 0.2) is 60.7 Å². The zero-order valence-corrected chi connectivity index (χ0v) is 21.3. The molecule has 37 heavy (non-hydrogen) atoms. The smallest absolute Gasteiger partial charge is 0.326 e. The maximum Gasteiger partial charge on any atom is 0.326 e. The second-order valence-electron chi connectivity index (χ2n) is 9.37. The van der Waals surface area contributed by atoms with Gasteiger partial charge < -0.3 is 25.4 Å². The van der Waals surface area contributed by atoms with E-state index in [2.05, 4.69) is 10.6 Å². The number of aliphatic carboxylic acids is 1. The van der Waals surface area contributed by atoms with Crippen LogP contribution in [0.25, 0.3) is 0 Å². The number of ether oxygens (including phenoxy) is 1. The van der Waals surface area contributed by atoms with Gasteiger partial charge in [0, 0.05) is 13.0 Å². The van der Waals surface area contributed by atoms with Crippen LogP contribution < -0.4 is 10.6 Å². The molecule has 9 nitrogen and oxygen atoms in total.